The van der Waals surface area contributed by atoms with Gasteiger partial charge in [0.05, 0.1) is 18.7 Å². The van der Waals surface area contributed by atoms with Crippen molar-refractivity contribution in [3.63, 3.8) is 0 Å². The molecule has 0 aromatic rings. The molecule has 0 aromatic carbocycles. The van der Waals surface area contributed by atoms with E-state index in [0.29, 0.717) is 12.2 Å². The Bertz CT molecular complexity index is 642. The highest BCUT2D eigenvalue weighted by Crippen LogP contribution is 2.01. The Morgan fingerprint density at radius 3 is 2.26 bits per heavy atom. The van der Waals surface area contributed by atoms with Crippen LogP contribution in [0, 0.1) is 0 Å². The molecule has 0 aliphatic rings. The maximum atomic E-state index is 12.3. The molecule has 0 aliphatic heterocycles. The topological polar surface area (TPSA) is 235 Å². The number of nitrogens with zero attached hydrogens (tertiary/aromatic N) is 1. The Kier molecular flexibility index (Phi) is 14.0. The molecular weight excluding hydrogens is 430 g/mol. The normalized spacial score (nSPS) is 14.5. The van der Waals surface area contributed by atoms with Crippen molar-refractivity contribution < 1.29 is 29.4 Å². The lowest BCUT2D eigenvalue weighted by atomic mass is 10.1. The zero-order valence-electron chi connectivity index (χ0n) is 17.7. The van der Waals surface area contributed by atoms with Crippen LogP contribution in [0.5, 0.6) is 0 Å². The lowest BCUT2D eigenvalue weighted by molar-refractivity contribution is -0.141. The lowest BCUT2D eigenvalue weighted by Gasteiger charge is -2.23. The number of guanidine groups is 1. The van der Waals surface area contributed by atoms with E-state index in [-0.39, 0.29) is 25.3 Å². The zero-order valence-corrected chi connectivity index (χ0v) is 18.5. The number of carbonyl (C=O) groups excluding carboxylic acids is 3. The van der Waals surface area contributed by atoms with Crippen LogP contribution in [0.3, 0.4) is 0 Å². The summed E-state index contributed by atoms with van der Waals surface area (Å²) in [7, 11) is 0. The number of nitrogens with two attached hydrogens (primary N) is 3. The molecule has 31 heavy (non-hydrogen) atoms. The first kappa shape index (κ1) is 28.4. The molecule has 11 N–H and O–H groups in total. The van der Waals surface area contributed by atoms with Gasteiger partial charge >= 0.3 is 5.97 Å². The predicted octanol–water partition coefficient (Wildman–Crippen LogP) is -3.33. The summed E-state index contributed by atoms with van der Waals surface area (Å²) in [5, 5.41) is 25.9. The van der Waals surface area contributed by atoms with Gasteiger partial charge in [-0.1, -0.05) is 0 Å². The van der Waals surface area contributed by atoms with E-state index in [4.69, 9.17) is 22.3 Å². The van der Waals surface area contributed by atoms with Crippen LogP contribution >= 0.6 is 11.8 Å². The first-order valence-corrected chi connectivity index (χ1v) is 11.0. The summed E-state index contributed by atoms with van der Waals surface area (Å²) >= 11 is 1.43. The summed E-state index contributed by atoms with van der Waals surface area (Å²) in [5.74, 6) is -2.93. The summed E-state index contributed by atoms with van der Waals surface area (Å²) in [4.78, 5) is 51.4. The number of carbonyl (C=O) groups is 4. The zero-order chi connectivity index (χ0) is 24.0. The van der Waals surface area contributed by atoms with Crippen molar-refractivity contribution in [2.75, 3.05) is 25.1 Å². The molecule has 0 rings (SSSR count). The van der Waals surface area contributed by atoms with Crippen molar-refractivity contribution in [2.24, 2.45) is 22.2 Å². The number of carboxylic acids is 1. The third-order valence-corrected chi connectivity index (χ3v) is 4.68. The maximum absolute atomic E-state index is 12.3. The molecule has 4 unspecified atom stereocenters. The molecule has 0 saturated carbocycles. The van der Waals surface area contributed by atoms with Gasteiger partial charge in [0.2, 0.25) is 17.7 Å². The van der Waals surface area contributed by atoms with E-state index < -0.39 is 54.5 Å². The summed E-state index contributed by atoms with van der Waals surface area (Å²) in [6, 6.07) is -3.39. The number of thioether (sulfide) groups is 1. The van der Waals surface area contributed by atoms with E-state index in [2.05, 4.69) is 20.9 Å². The van der Waals surface area contributed by atoms with Crippen molar-refractivity contribution in [3.8, 4) is 0 Å². The Labute approximate surface area is 185 Å². The van der Waals surface area contributed by atoms with Crippen LogP contribution in [0.1, 0.15) is 26.2 Å². The fourth-order valence-electron chi connectivity index (χ4n) is 2.33. The maximum Gasteiger partial charge on any atom is 0.326 e. The molecule has 0 heterocycles. The summed E-state index contributed by atoms with van der Waals surface area (Å²) in [5.41, 5.74) is 16.2. The first-order chi connectivity index (χ1) is 14.5. The molecule has 0 bridgehead atoms. The average Bonchev–Trinajstić information content (AvgIpc) is 2.69. The minimum absolute atomic E-state index is 0.0770. The fraction of sp³-hybridized carbons (Fsp3) is 0.706. The van der Waals surface area contributed by atoms with Crippen LogP contribution in [0.15, 0.2) is 4.99 Å². The van der Waals surface area contributed by atoms with Crippen molar-refractivity contribution in [1.82, 2.24) is 16.0 Å². The summed E-state index contributed by atoms with van der Waals surface area (Å²) in [6.07, 6.45) is 1.44. The number of hydrogen-bond donors (Lipinski definition) is 8. The molecule has 14 heteroatoms. The largest absolute Gasteiger partial charge is 0.480 e. The summed E-state index contributed by atoms with van der Waals surface area (Å²) in [6.45, 7) is 1.05. The highest BCUT2D eigenvalue weighted by molar-refractivity contribution is 7.98. The van der Waals surface area contributed by atoms with Gasteiger partial charge < -0.3 is 43.4 Å². The van der Waals surface area contributed by atoms with E-state index in [0.717, 1.165) is 0 Å². The molecule has 0 fully saturated rings. The van der Waals surface area contributed by atoms with Gasteiger partial charge in [-0.05, 0) is 38.2 Å². The molecule has 0 aliphatic carbocycles. The number of aliphatic hydroxyl groups is 1. The number of aliphatic hydroxyl groups excluding tert-OH is 1. The number of rotatable bonds is 15. The predicted molar refractivity (Wildman–Crippen MR) is 117 cm³/mol. The second-order valence-corrected chi connectivity index (χ2v) is 7.73. The Balaban J connectivity index is 4.66. The molecule has 3 amide bonds. The third kappa shape index (κ3) is 12.7. The molecule has 0 aromatic heterocycles. The van der Waals surface area contributed by atoms with Crippen molar-refractivity contribution >= 4 is 41.4 Å². The number of nitrogens with one attached hydrogen (secondary N) is 3. The quantitative estimate of drug-likeness (QED) is 0.0683. The van der Waals surface area contributed by atoms with E-state index in [1.54, 1.807) is 6.26 Å². The van der Waals surface area contributed by atoms with Crippen molar-refractivity contribution in [3.05, 3.63) is 0 Å². The second-order valence-electron chi connectivity index (χ2n) is 6.74. The number of hydrogen-bond acceptors (Lipinski definition) is 8. The fourth-order valence-corrected chi connectivity index (χ4v) is 2.80. The van der Waals surface area contributed by atoms with Gasteiger partial charge in [0.15, 0.2) is 5.96 Å². The Hall–Kier alpha value is -2.58. The monoisotopic (exact) mass is 463 g/mol. The first-order valence-electron chi connectivity index (χ1n) is 9.57. The Morgan fingerprint density at radius 2 is 1.74 bits per heavy atom. The van der Waals surface area contributed by atoms with E-state index >= 15 is 0 Å². The minimum Gasteiger partial charge on any atom is -0.480 e. The van der Waals surface area contributed by atoms with Crippen molar-refractivity contribution in [2.45, 2.75) is 50.4 Å². The lowest BCUT2D eigenvalue weighted by Crippen LogP contribution is -2.57. The van der Waals surface area contributed by atoms with E-state index in [9.17, 15) is 24.3 Å². The van der Waals surface area contributed by atoms with Gasteiger partial charge in [-0.3, -0.25) is 19.4 Å². The van der Waals surface area contributed by atoms with Gasteiger partial charge in [-0.15, -0.1) is 0 Å². The van der Waals surface area contributed by atoms with Crippen LogP contribution in [-0.4, -0.2) is 89.2 Å². The molecule has 4 atom stereocenters. The van der Waals surface area contributed by atoms with E-state index in [1.165, 1.54) is 18.7 Å². The van der Waals surface area contributed by atoms with Gasteiger partial charge in [0.25, 0.3) is 0 Å². The molecule has 178 valence electrons. The summed E-state index contributed by atoms with van der Waals surface area (Å²) < 4.78 is 0. The number of carboxylic acid groups (broad SMARTS) is 1. The number of aliphatic carboxylic acids is 1. The van der Waals surface area contributed by atoms with Gasteiger partial charge in [0, 0.05) is 6.54 Å². The number of aliphatic imine (C=N–C) groups is 1. The van der Waals surface area contributed by atoms with Crippen LogP contribution in [-0.2, 0) is 19.2 Å². The van der Waals surface area contributed by atoms with Crippen LogP contribution in [0.2, 0.25) is 0 Å². The Morgan fingerprint density at radius 1 is 1.10 bits per heavy atom. The standard InChI is InChI=1S/C17H33N7O6S/c1-9(25)13(24-14(27)10(18)4-3-6-21-17(19)20)15(28)22-8-12(26)23-11(16(29)30)5-7-31-2/h9-11,13,25H,3-8,18H2,1-2H3,(H,22,28)(H,23,26)(H,24,27)(H,29,30)(H4,19,20,21). The van der Waals surface area contributed by atoms with E-state index in [1.807, 2.05) is 0 Å². The molecule has 0 radical (unpaired) electrons. The van der Waals surface area contributed by atoms with Gasteiger partial charge in [-0.25, -0.2) is 4.79 Å². The molecule has 0 spiro atoms. The average molecular weight is 464 g/mol. The second kappa shape index (κ2) is 15.3. The van der Waals surface area contributed by atoms with Gasteiger partial charge in [0.1, 0.15) is 12.1 Å². The smallest absolute Gasteiger partial charge is 0.326 e. The van der Waals surface area contributed by atoms with Crippen molar-refractivity contribution in [1.29, 1.82) is 0 Å². The molecular formula is C17H33N7O6S. The third-order valence-electron chi connectivity index (χ3n) is 4.03. The molecule has 0 saturated heterocycles. The van der Waals surface area contributed by atoms with Crippen LogP contribution in [0.25, 0.3) is 0 Å². The van der Waals surface area contributed by atoms with Crippen LogP contribution < -0.4 is 33.2 Å². The minimum atomic E-state index is -1.35. The number of amides is 3. The van der Waals surface area contributed by atoms with Crippen LogP contribution in [0.4, 0.5) is 0 Å². The highest BCUT2D eigenvalue weighted by atomic mass is 32.2. The SMILES string of the molecule is CSCCC(NC(=O)CNC(=O)C(NC(=O)C(N)CCCN=C(N)N)C(C)O)C(=O)O. The highest BCUT2D eigenvalue weighted by Gasteiger charge is 2.28. The van der Waals surface area contributed by atoms with Gasteiger partial charge in [-0.2, -0.15) is 11.8 Å². The molecule has 13 nitrogen and oxygen atoms in total.